The molecular weight excluding hydrogens is 495 g/mol. The largest absolute Gasteiger partial charge is 0.490 e. The van der Waals surface area contributed by atoms with Gasteiger partial charge < -0.3 is 45.4 Å². The zero-order chi connectivity index (χ0) is 23.9. The van der Waals surface area contributed by atoms with E-state index in [1.807, 2.05) is 0 Å². The third-order valence-corrected chi connectivity index (χ3v) is 7.45. The Bertz CT molecular complexity index is 1020. The second-order valence-corrected chi connectivity index (χ2v) is 10.4. The Labute approximate surface area is 171 Å². The van der Waals surface area contributed by atoms with Crippen molar-refractivity contribution >= 4 is 29.3 Å². The summed E-state index contributed by atoms with van der Waals surface area (Å²) in [5.74, 6) is -0.169. The molecule has 31 heavy (non-hydrogen) atoms. The predicted octanol–water partition coefficient (Wildman–Crippen LogP) is -2.59. The van der Waals surface area contributed by atoms with E-state index in [1.54, 1.807) is 0 Å². The van der Waals surface area contributed by atoms with Gasteiger partial charge in [0.15, 0.2) is 12.5 Å². The van der Waals surface area contributed by atoms with Gasteiger partial charge in [0, 0.05) is 11.8 Å². The van der Waals surface area contributed by atoms with Crippen LogP contribution in [0.4, 0.5) is 5.82 Å². The van der Waals surface area contributed by atoms with Gasteiger partial charge in [-0.05, 0) is 6.92 Å². The fraction of sp³-hybridized carbons (Fsp3) is 0.600. The number of phosphoric ester groups is 1. The third-order valence-electron chi connectivity index (χ3n) is 3.65. The molecule has 0 amide bonds. The standard InChI is InChI=1S/C10H18N3O15P3/c1-3-2-13(10(17)12-7(3)11)8-5(15)4(14)6(16)9(25-8)26-30(21,22)28-31(23,24)27-29(18,19)20/h2,4-6,8-9,14-16H,1H3,(H,21,22)(H,23,24)(H2,11,12,17)(H2,18,19,20)/t4-,5-,6-,8+,9?/m1/s1. The summed E-state index contributed by atoms with van der Waals surface area (Å²) in [4.78, 5) is 51.2. The molecule has 1 aromatic heterocycles. The van der Waals surface area contributed by atoms with Gasteiger partial charge in [-0.25, -0.2) is 18.5 Å². The topological polar surface area (TPSA) is 291 Å². The minimum Gasteiger partial charge on any atom is -0.387 e. The fourth-order valence-corrected chi connectivity index (χ4v) is 5.44. The first-order valence-corrected chi connectivity index (χ1v) is 12.3. The third kappa shape index (κ3) is 6.71. The normalized spacial score (nSPS) is 31.0. The molecule has 9 N–H and O–H groups in total. The van der Waals surface area contributed by atoms with E-state index in [0.717, 1.165) is 6.20 Å². The SMILES string of the molecule is Cc1cn([C@H]2OC(OP(=O)(O)OP(=O)(O)OP(=O)(O)O)[C@H](O)[C@H](O)[C@H]2O)c(=O)nc1N. The highest BCUT2D eigenvalue weighted by atomic mass is 31.3. The number of aryl methyl sites for hydroxylation is 1. The Morgan fingerprint density at radius 2 is 1.61 bits per heavy atom. The van der Waals surface area contributed by atoms with Crippen molar-refractivity contribution in [3.63, 3.8) is 0 Å². The number of anilines is 1. The number of hydrogen-bond acceptors (Lipinski definition) is 13. The number of nitrogen functional groups attached to an aromatic ring is 1. The van der Waals surface area contributed by atoms with Crippen LogP contribution in [0.2, 0.25) is 0 Å². The Morgan fingerprint density at radius 3 is 2.16 bits per heavy atom. The van der Waals surface area contributed by atoms with Gasteiger partial charge in [0.1, 0.15) is 24.1 Å². The van der Waals surface area contributed by atoms with Crippen molar-refractivity contribution in [2.24, 2.45) is 0 Å². The number of nitrogens with two attached hydrogens (primary N) is 1. The van der Waals surface area contributed by atoms with Gasteiger partial charge in [0.2, 0.25) is 0 Å². The Balaban J connectivity index is 2.29. The quantitative estimate of drug-likeness (QED) is 0.174. The number of rotatable bonds is 7. The second-order valence-electron chi connectivity index (χ2n) is 6.06. The molecule has 0 aliphatic carbocycles. The molecule has 0 saturated carbocycles. The Kier molecular flexibility index (Phi) is 7.65. The number of ether oxygens (including phenoxy) is 1. The molecule has 1 fully saturated rings. The average Bonchev–Trinajstić information content (AvgIpc) is 2.55. The van der Waals surface area contributed by atoms with Crippen molar-refractivity contribution in [1.29, 1.82) is 0 Å². The molecule has 0 aromatic carbocycles. The number of hydrogen-bond donors (Lipinski definition) is 8. The minimum atomic E-state index is -5.87. The lowest BCUT2D eigenvalue weighted by Gasteiger charge is -2.40. The molecule has 0 radical (unpaired) electrons. The van der Waals surface area contributed by atoms with Gasteiger partial charge in [-0.2, -0.15) is 13.6 Å². The molecule has 1 saturated heterocycles. The van der Waals surface area contributed by atoms with E-state index < -0.39 is 60.0 Å². The zero-order valence-electron chi connectivity index (χ0n) is 15.2. The molecule has 1 aliphatic heterocycles. The Hall–Kier alpha value is -1.07. The molecule has 3 unspecified atom stereocenters. The van der Waals surface area contributed by atoms with E-state index in [1.165, 1.54) is 6.92 Å². The van der Waals surface area contributed by atoms with Crippen LogP contribution in [-0.2, 0) is 31.6 Å². The molecule has 1 aromatic rings. The predicted molar refractivity (Wildman–Crippen MR) is 94.5 cm³/mol. The highest BCUT2D eigenvalue weighted by Gasteiger charge is 2.50. The van der Waals surface area contributed by atoms with Crippen LogP contribution in [0.1, 0.15) is 11.8 Å². The van der Waals surface area contributed by atoms with Crippen molar-refractivity contribution in [3.8, 4) is 0 Å². The van der Waals surface area contributed by atoms with Gasteiger partial charge in [0.25, 0.3) is 0 Å². The molecule has 1 aliphatic rings. The number of aliphatic hydroxyl groups is 3. The average molecular weight is 513 g/mol. The van der Waals surface area contributed by atoms with Crippen LogP contribution in [0.25, 0.3) is 0 Å². The van der Waals surface area contributed by atoms with E-state index in [4.69, 9.17) is 25.2 Å². The maximum absolute atomic E-state index is 12.0. The summed E-state index contributed by atoms with van der Waals surface area (Å²) in [7, 11) is -17.3. The summed E-state index contributed by atoms with van der Waals surface area (Å²) in [5.41, 5.74) is 4.60. The van der Waals surface area contributed by atoms with Gasteiger partial charge in [-0.15, -0.1) is 0 Å². The van der Waals surface area contributed by atoms with E-state index in [0.29, 0.717) is 4.57 Å². The van der Waals surface area contributed by atoms with Crippen molar-refractivity contribution in [3.05, 3.63) is 22.2 Å². The lowest BCUT2D eigenvalue weighted by molar-refractivity contribution is -0.295. The lowest BCUT2D eigenvalue weighted by atomic mass is 10.0. The van der Waals surface area contributed by atoms with Gasteiger partial charge in [0.05, 0.1) is 0 Å². The highest BCUT2D eigenvalue weighted by molar-refractivity contribution is 7.66. The molecule has 2 heterocycles. The van der Waals surface area contributed by atoms with Crippen LogP contribution in [0.15, 0.2) is 11.0 Å². The van der Waals surface area contributed by atoms with Crippen LogP contribution in [0.5, 0.6) is 0 Å². The van der Waals surface area contributed by atoms with Gasteiger partial charge in [-0.1, -0.05) is 0 Å². The smallest absolute Gasteiger partial charge is 0.387 e. The molecule has 7 atom stereocenters. The summed E-state index contributed by atoms with van der Waals surface area (Å²) < 4.78 is 50.9. The summed E-state index contributed by atoms with van der Waals surface area (Å²) in [6, 6.07) is 0. The van der Waals surface area contributed by atoms with E-state index >= 15 is 0 Å². The molecule has 2 rings (SSSR count). The summed E-state index contributed by atoms with van der Waals surface area (Å²) >= 11 is 0. The summed E-state index contributed by atoms with van der Waals surface area (Å²) in [6.45, 7) is 1.42. The first-order valence-electron chi connectivity index (χ1n) is 7.79. The first kappa shape index (κ1) is 26.2. The van der Waals surface area contributed by atoms with Crippen molar-refractivity contribution < 1.29 is 66.5 Å². The monoisotopic (exact) mass is 513 g/mol. The van der Waals surface area contributed by atoms with Crippen LogP contribution < -0.4 is 11.4 Å². The van der Waals surface area contributed by atoms with Crippen LogP contribution in [0.3, 0.4) is 0 Å². The number of aromatic nitrogens is 2. The van der Waals surface area contributed by atoms with Gasteiger partial charge >= 0.3 is 29.2 Å². The second kappa shape index (κ2) is 9.05. The molecule has 18 nitrogen and oxygen atoms in total. The maximum Gasteiger partial charge on any atom is 0.490 e. The Morgan fingerprint density at radius 1 is 1.03 bits per heavy atom. The van der Waals surface area contributed by atoms with Crippen molar-refractivity contribution in [2.45, 2.75) is 37.8 Å². The van der Waals surface area contributed by atoms with E-state index in [-0.39, 0.29) is 11.4 Å². The summed E-state index contributed by atoms with van der Waals surface area (Å²) in [6.07, 6.45) is -9.62. The number of aliphatic hydroxyl groups excluding tert-OH is 3. The lowest BCUT2D eigenvalue weighted by Crippen LogP contribution is -2.57. The number of nitrogens with zero attached hydrogens (tertiary/aromatic N) is 2. The first-order chi connectivity index (χ1) is 13.9. The zero-order valence-corrected chi connectivity index (χ0v) is 17.9. The fourth-order valence-electron chi connectivity index (χ4n) is 2.34. The van der Waals surface area contributed by atoms with Gasteiger partial charge in [-0.3, -0.25) is 9.09 Å². The maximum atomic E-state index is 12.0. The van der Waals surface area contributed by atoms with Crippen molar-refractivity contribution in [1.82, 2.24) is 9.55 Å². The minimum absolute atomic E-state index is 0.169. The van der Waals surface area contributed by atoms with Crippen LogP contribution in [-0.4, -0.2) is 69.0 Å². The van der Waals surface area contributed by atoms with Crippen LogP contribution >= 0.6 is 23.5 Å². The number of phosphoric acid groups is 3. The molecular formula is C10H18N3O15P3. The summed E-state index contributed by atoms with van der Waals surface area (Å²) in [5, 5.41) is 30.0. The van der Waals surface area contributed by atoms with Crippen LogP contribution in [0, 0.1) is 6.92 Å². The highest BCUT2D eigenvalue weighted by Crippen LogP contribution is 2.66. The van der Waals surface area contributed by atoms with Crippen molar-refractivity contribution in [2.75, 3.05) is 5.73 Å². The molecule has 21 heteroatoms. The molecule has 0 bridgehead atoms. The van der Waals surface area contributed by atoms with E-state index in [2.05, 4.69) is 18.1 Å². The molecule has 0 spiro atoms. The van der Waals surface area contributed by atoms with E-state index in [9.17, 15) is 38.7 Å². The molecule has 178 valence electrons.